The first-order valence-corrected chi connectivity index (χ1v) is 12.3. The van der Waals surface area contributed by atoms with E-state index in [1.807, 2.05) is 6.92 Å². The van der Waals surface area contributed by atoms with E-state index in [9.17, 15) is 13.2 Å². The summed E-state index contributed by atoms with van der Waals surface area (Å²) in [5.41, 5.74) is 2.61. The van der Waals surface area contributed by atoms with Crippen molar-refractivity contribution in [3.8, 4) is 0 Å². The van der Waals surface area contributed by atoms with Crippen molar-refractivity contribution in [1.29, 1.82) is 0 Å². The lowest BCUT2D eigenvalue weighted by molar-refractivity contribution is -0.136. The number of halogens is 2. The number of rotatable bonds is 6. The third-order valence-electron chi connectivity index (χ3n) is 5.50. The van der Waals surface area contributed by atoms with E-state index >= 15 is 0 Å². The van der Waals surface area contributed by atoms with Gasteiger partial charge in [0, 0.05) is 10.0 Å². The van der Waals surface area contributed by atoms with E-state index in [4.69, 9.17) is 27.9 Å². The first kappa shape index (κ1) is 23.5. The van der Waals surface area contributed by atoms with E-state index in [0.717, 1.165) is 11.1 Å². The molecule has 1 aliphatic heterocycles. The molecule has 1 saturated heterocycles. The zero-order chi connectivity index (χ0) is 23.8. The molecular formula is C25H21Cl2NO4S. The highest BCUT2D eigenvalue weighted by Crippen LogP contribution is 2.51. The smallest absolute Gasteiger partial charge is 0.335 e. The van der Waals surface area contributed by atoms with Crippen molar-refractivity contribution < 1.29 is 17.9 Å². The van der Waals surface area contributed by atoms with Gasteiger partial charge in [-0.3, -0.25) is 0 Å². The van der Waals surface area contributed by atoms with E-state index < -0.39 is 28.1 Å². The average Bonchev–Trinajstić information content (AvgIpc) is 3.55. The summed E-state index contributed by atoms with van der Waals surface area (Å²) >= 11 is 12.0. The van der Waals surface area contributed by atoms with Crippen LogP contribution in [0.3, 0.4) is 0 Å². The van der Waals surface area contributed by atoms with Gasteiger partial charge in [0.15, 0.2) is 0 Å². The van der Waals surface area contributed by atoms with Crippen molar-refractivity contribution >= 4 is 45.3 Å². The maximum absolute atomic E-state index is 13.6. The van der Waals surface area contributed by atoms with Crippen molar-refractivity contribution in [2.75, 3.05) is 7.11 Å². The Bertz CT molecular complexity index is 1300. The second kappa shape index (κ2) is 9.31. The minimum atomic E-state index is -3.89. The maximum atomic E-state index is 13.6. The molecule has 0 radical (unpaired) electrons. The van der Waals surface area contributed by atoms with Crippen molar-refractivity contribution in [3.05, 3.63) is 105 Å². The number of hydrogen-bond acceptors (Lipinski definition) is 4. The van der Waals surface area contributed by atoms with Crippen LogP contribution in [0.1, 0.15) is 22.7 Å². The highest BCUT2D eigenvalue weighted by molar-refractivity contribution is 7.89. The number of esters is 1. The van der Waals surface area contributed by atoms with Crippen LogP contribution in [0.25, 0.3) is 6.08 Å². The van der Waals surface area contributed by atoms with Crippen LogP contribution in [0.4, 0.5) is 0 Å². The number of methoxy groups -OCH3 is 1. The highest BCUT2D eigenvalue weighted by atomic mass is 35.5. The summed E-state index contributed by atoms with van der Waals surface area (Å²) in [6.07, 6.45) is 1.64. The summed E-state index contributed by atoms with van der Waals surface area (Å²) in [5, 5.41) is 1.09. The summed E-state index contributed by atoms with van der Waals surface area (Å²) in [4.78, 5) is 12.9. The van der Waals surface area contributed by atoms with Gasteiger partial charge in [0.05, 0.1) is 29.7 Å². The Kier molecular flexibility index (Phi) is 6.64. The maximum Gasteiger partial charge on any atom is 0.335 e. The molecule has 5 nitrogen and oxygen atoms in total. The zero-order valence-electron chi connectivity index (χ0n) is 17.9. The van der Waals surface area contributed by atoms with Crippen molar-refractivity contribution in [1.82, 2.24) is 4.31 Å². The molecule has 0 aromatic heterocycles. The first-order valence-electron chi connectivity index (χ1n) is 10.1. The van der Waals surface area contributed by atoms with Crippen LogP contribution in [-0.4, -0.2) is 31.8 Å². The van der Waals surface area contributed by atoms with Gasteiger partial charge in [-0.2, -0.15) is 4.31 Å². The molecular weight excluding hydrogens is 481 g/mol. The van der Waals surface area contributed by atoms with Crippen LogP contribution in [0.2, 0.25) is 10.0 Å². The zero-order valence-corrected chi connectivity index (χ0v) is 20.2. The summed E-state index contributed by atoms with van der Waals surface area (Å²) in [6, 6.07) is 19.1. The molecule has 4 rings (SSSR count). The molecule has 0 saturated carbocycles. The number of nitrogens with zero attached hydrogens (tertiary/aromatic N) is 1. The van der Waals surface area contributed by atoms with Crippen LogP contribution >= 0.6 is 23.2 Å². The number of carbonyl (C=O) groups excluding carboxylic acids is 1. The van der Waals surface area contributed by atoms with Crippen molar-refractivity contribution in [2.45, 2.75) is 23.9 Å². The molecule has 0 amide bonds. The number of ether oxygens (including phenoxy) is 1. The number of benzene rings is 3. The first-order chi connectivity index (χ1) is 15.7. The molecule has 1 fully saturated rings. The van der Waals surface area contributed by atoms with Gasteiger partial charge in [-0.25, -0.2) is 13.2 Å². The average molecular weight is 502 g/mol. The number of carbonyl (C=O) groups is 1. The minimum Gasteiger partial charge on any atom is -0.466 e. The van der Waals surface area contributed by atoms with Gasteiger partial charge >= 0.3 is 5.97 Å². The molecule has 1 heterocycles. The molecule has 1 unspecified atom stereocenters. The molecule has 0 N–H and O–H groups in total. The standard InChI is InChI=1S/C25H21Cl2NO4S/c1-16-3-13-21(14-4-16)33(30,31)28-23(18-7-11-20(27)12-8-18)24(28)22(25(29)32-2)15-17-5-9-19(26)10-6-17/h3-15,23-24H,1-2H3/b22-15+/t23-,24-,28?/m0/s1. The summed E-state index contributed by atoms with van der Waals surface area (Å²) < 4.78 is 33.5. The lowest BCUT2D eigenvalue weighted by Crippen LogP contribution is -2.19. The Morgan fingerprint density at radius 1 is 0.909 bits per heavy atom. The Morgan fingerprint density at radius 2 is 1.45 bits per heavy atom. The molecule has 1 aliphatic rings. The largest absolute Gasteiger partial charge is 0.466 e. The number of aryl methyl sites for hydroxylation is 1. The van der Waals surface area contributed by atoms with Crippen LogP contribution in [-0.2, 0) is 19.6 Å². The van der Waals surface area contributed by atoms with Gasteiger partial charge in [-0.1, -0.05) is 65.2 Å². The summed E-state index contributed by atoms with van der Waals surface area (Å²) in [6.45, 7) is 1.89. The van der Waals surface area contributed by atoms with E-state index in [2.05, 4.69) is 0 Å². The van der Waals surface area contributed by atoms with Gasteiger partial charge < -0.3 is 4.74 Å². The summed E-state index contributed by atoms with van der Waals surface area (Å²) in [5.74, 6) is -0.601. The lowest BCUT2D eigenvalue weighted by atomic mass is 10.0. The molecule has 3 atom stereocenters. The Labute approximate surface area is 203 Å². The molecule has 170 valence electrons. The van der Waals surface area contributed by atoms with Crippen LogP contribution in [0, 0.1) is 6.92 Å². The van der Waals surface area contributed by atoms with Gasteiger partial charge in [0.2, 0.25) is 10.0 Å². The molecule has 3 aromatic rings. The third-order valence-corrected chi connectivity index (χ3v) is 7.88. The van der Waals surface area contributed by atoms with E-state index in [1.54, 1.807) is 78.9 Å². The minimum absolute atomic E-state index is 0.158. The number of sulfonamides is 1. The predicted molar refractivity (Wildman–Crippen MR) is 130 cm³/mol. The molecule has 0 bridgehead atoms. The fourth-order valence-corrected chi connectivity index (χ4v) is 5.75. The second-order valence-electron chi connectivity index (χ2n) is 7.73. The van der Waals surface area contributed by atoms with Gasteiger partial charge in [0.25, 0.3) is 0 Å². The van der Waals surface area contributed by atoms with E-state index in [1.165, 1.54) is 11.4 Å². The molecule has 3 aromatic carbocycles. The van der Waals surface area contributed by atoms with Crippen LogP contribution in [0.15, 0.2) is 83.3 Å². The quantitative estimate of drug-likeness (QED) is 0.248. The van der Waals surface area contributed by atoms with Gasteiger partial charge in [-0.15, -0.1) is 0 Å². The van der Waals surface area contributed by atoms with Crippen LogP contribution in [0.5, 0.6) is 0 Å². The monoisotopic (exact) mass is 501 g/mol. The van der Waals surface area contributed by atoms with Crippen LogP contribution < -0.4 is 0 Å². The predicted octanol–water partition coefficient (Wildman–Crippen LogP) is 5.67. The van der Waals surface area contributed by atoms with Crippen molar-refractivity contribution in [3.63, 3.8) is 0 Å². The third kappa shape index (κ3) is 4.84. The fourth-order valence-electron chi connectivity index (χ4n) is 3.76. The van der Waals surface area contributed by atoms with E-state index in [-0.39, 0.29) is 10.5 Å². The molecule has 33 heavy (non-hydrogen) atoms. The topological polar surface area (TPSA) is 63.5 Å². The SMILES string of the molecule is COC(=O)/C(=C/c1ccc(Cl)cc1)[C@H]1[C@H](c2ccc(Cl)cc2)N1S(=O)(=O)c1ccc(C)cc1. The second-order valence-corrected chi connectivity index (χ2v) is 10.4. The summed E-state index contributed by atoms with van der Waals surface area (Å²) in [7, 11) is -2.62. The Balaban J connectivity index is 1.82. The van der Waals surface area contributed by atoms with Gasteiger partial charge in [-0.05, 0) is 60.5 Å². The Morgan fingerprint density at radius 3 is 2.00 bits per heavy atom. The highest BCUT2D eigenvalue weighted by Gasteiger charge is 2.59. The molecule has 0 spiro atoms. The van der Waals surface area contributed by atoms with Gasteiger partial charge in [0.1, 0.15) is 0 Å². The lowest BCUT2D eigenvalue weighted by Gasteiger charge is -2.09. The normalized spacial score (nSPS) is 20.4. The molecule has 8 heteroatoms. The van der Waals surface area contributed by atoms with E-state index in [0.29, 0.717) is 15.6 Å². The number of hydrogen-bond donors (Lipinski definition) is 0. The molecule has 0 aliphatic carbocycles. The fraction of sp³-hybridized carbons (Fsp3) is 0.160. The Hall–Kier alpha value is -2.64. The van der Waals surface area contributed by atoms with Crippen molar-refractivity contribution in [2.24, 2.45) is 0 Å².